The number of nitrogens with zero attached hydrogens (tertiary/aromatic N) is 3. The third-order valence-corrected chi connectivity index (χ3v) is 4.40. The smallest absolute Gasteiger partial charge is 0.243 e. The molecule has 0 unspecified atom stereocenters. The number of pyridine rings is 1. The average molecular weight is 369 g/mol. The van der Waals surface area contributed by atoms with Gasteiger partial charge in [0.2, 0.25) is 5.91 Å². The van der Waals surface area contributed by atoms with E-state index >= 15 is 0 Å². The predicted molar refractivity (Wildman–Crippen MR) is 79.7 cm³/mol. The second-order valence-corrected chi connectivity index (χ2v) is 6.28. The van der Waals surface area contributed by atoms with Gasteiger partial charge in [0, 0.05) is 13.0 Å². The number of nitriles is 1. The summed E-state index contributed by atoms with van der Waals surface area (Å²) in [7, 11) is 0. The molecule has 22 heavy (non-hydrogen) atoms. The summed E-state index contributed by atoms with van der Waals surface area (Å²) in [6.07, 6.45) is -1.06. The lowest BCUT2D eigenvalue weighted by molar-refractivity contribution is -0.135. The fraction of sp³-hybridized carbons (Fsp3) is 0.500. The van der Waals surface area contributed by atoms with Crippen molar-refractivity contribution in [2.45, 2.75) is 24.2 Å². The monoisotopic (exact) mass is 368 g/mol. The SMILES string of the molecule is N#CC1(N2C[C@H](F)C[C@H]2C(=O)Nc2cccc(Br)n2)COC1. The lowest BCUT2D eigenvalue weighted by atomic mass is 9.95. The Morgan fingerprint density at radius 2 is 2.36 bits per heavy atom. The molecular weight excluding hydrogens is 355 g/mol. The zero-order valence-corrected chi connectivity index (χ0v) is 13.2. The quantitative estimate of drug-likeness (QED) is 0.817. The Labute approximate surface area is 135 Å². The number of hydrogen-bond donors (Lipinski definition) is 1. The van der Waals surface area contributed by atoms with Gasteiger partial charge in [-0.3, -0.25) is 9.69 Å². The van der Waals surface area contributed by atoms with Crippen molar-refractivity contribution in [2.24, 2.45) is 0 Å². The van der Waals surface area contributed by atoms with Crippen LogP contribution in [0.25, 0.3) is 0 Å². The van der Waals surface area contributed by atoms with Crippen molar-refractivity contribution >= 4 is 27.7 Å². The van der Waals surface area contributed by atoms with E-state index in [1.165, 1.54) is 0 Å². The average Bonchev–Trinajstić information content (AvgIpc) is 2.81. The molecule has 3 heterocycles. The van der Waals surface area contributed by atoms with Crippen molar-refractivity contribution in [3.8, 4) is 6.07 Å². The summed E-state index contributed by atoms with van der Waals surface area (Å²) in [4.78, 5) is 18.2. The third kappa shape index (κ3) is 2.72. The van der Waals surface area contributed by atoms with Gasteiger partial charge in [0.25, 0.3) is 0 Å². The van der Waals surface area contributed by atoms with Gasteiger partial charge in [0.15, 0.2) is 5.54 Å². The summed E-state index contributed by atoms with van der Waals surface area (Å²) >= 11 is 3.23. The number of carbonyl (C=O) groups is 1. The van der Waals surface area contributed by atoms with E-state index in [4.69, 9.17) is 4.74 Å². The first-order chi connectivity index (χ1) is 10.5. The molecule has 8 heteroatoms. The van der Waals surface area contributed by atoms with Crippen LogP contribution < -0.4 is 5.32 Å². The van der Waals surface area contributed by atoms with Crippen LogP contribution in [0.4, 0.5) is 10.2 Å². The highest BCUT2D eigenvalue weighted by molar-refractivity contribution is 9.10. The van der Waals surface area contributed by atoms with Gasteiger partial charge in [-0.25, -0.2) is 9.37 Å². The lowest BCUT2D eigenvalue weighted by Gasteiger charge is -2.44. The second-order valence-electron chi connectivity index (χ2n) is 5.47. The van der Waals surface area contributed by atoms with Crippen molar-refractivity contribution in [1.29, 1.82) is 5.26 Å². The molecule has 1 aromatic rings. The number of likely N-dealkylation sites (tertiary alicyclic amines) is 1. The van der Waals surface area contributed by atoms with Crippen LogP contribution >= 0.6 is 15.9 Å². The molecule has 2 saturated heterocycles. The molecule has 2 aliphatic heterocycles. The summed E-state index contributed by atoms with van der Waals surface area (Å²) in [5, 5.41) is 12.0. The van der Waals surface area contributed by atoms with Crippen LogP contribution in [0.15, 0.2) is 22.8 Å². The maximum absolute atomic E-state index is 13.8. The number of carbonyl (C=O) groups excluding carboxylic acids is 1. The molecule has 116 valence electrons. The fourth-order valence-corrected chi connectivity index (χ4v) is 3.13. The number of amides is 1. The second kappa shape index (κ2) is 5.91. The summed E-state index contributed by atoms with van der Waals surface area (Å²) in [5.41, 5.74) is -0.895. The van der Waals surface area contributed by atoms with Crippen LogP contribution in [-0.4, -0.2) is 53.3 Å². The Hall–Kier alpha value is -1.56. The third-order valence-electron chi connectivity index (χ3n) is 3.96. The number of rotatable bonds is 3. The van der Waals surface area contributed by atoms with E-state index in [1.807, 2.05) is 0 Å². The molecule has 0 radical (unpaired) electrons. The van der Waals surface area contributed by atoms with Crippen molar-refractivity contribution in [3.63, 3.8) is 0 Å². The number of nitrogens with one attached hydrogen (secondary N) is 1. The van der Waals surface area contributed by atoms with E-state index in [1.54, 1.807) is 23.1 Å². The zero-order valence-electron chi connectivity index (χ0n) is 11.6. The van der Waals surface area contributed by atoms with Gasteiger partial charge in [-0.15, -0.1) is 0 Å². The van der Waals surface area contributed by atoms with E-state index in [0.717, 1.165) is 0 Å². The van der Waals surface area contributed by atoms with Gasteiger partial charge in [0.1, 0.15) is 16.6 Å². The van der Waals surface area contributed by atoms with Crippen molar-refractivity contribution in [2.75, 3.05) is 25.1 Å². The summed E-state index contributed by atoms with van der Waals surface area (Å²) in [6.45, 7) is 0.477. The molecule has 1 amide bonds. The van der Waals surface area contributed by atoms with E-state index < -0.39 is 17.8 Å². The summed E-state index contributed by atoms with van der Waals surface area (Å²) in [5.74, 6) is 0.0322. The topological polar surface area (TPSA) is 78.3 Å². The van der Waals surface area contributed by atoms with Crippen LogP contribution in [0, 0.1) is 11.3 Å². The molecule has 2 fully saturated rings. The molecule has 2 aliphatic rings. The number of anilines is 1. The highest BCUT2D eigenvalue weighted by atomic mass is 79.9. The molecule has 0 saturated carbocycles. The molecular formula is C14H14BrFN4O2. The van der Waals surface area contributed by atoms with Crippen molar-refractivity contribution < 1.29 is 13.9 Å². The van der Waals surface area contributed by atoms with Crippen LogP contribution in [0.1, 0.15) is 6.42 Å². The fourth-order valence-electron chi connectivity index (χ4n) is 2.78. The summed E-state index contributed by atoms with van der Waals surface area (Å²) in [6, 6.07) is 6.61. The van der Waals surface area contributed by atoms with E-state index in [9.17, 15) is 14.4 Å². The minimum atomic E-state index is -1.13. The first-order valence-electron chi connectivity index (χ1n) is 6.87. The van der Waals surface area contributed by atoms with E-state index in [0.29, 0.717) is 10.4 Å². The standard InChI is InChI=1S/C14H14BrFN4O2/c15-11-2-1-3-12(18-11)19-13(21)10-4-9(16)5-20(10)14(6-17)7-22-8-14/h1-3,9-10H,4-5,7-8H2,(H,18,19,21)/t9-,10+/m1/s1. The largest absolute Gasteiger partial charge is 0.375 e. The maximum Gasteiger partial charge on any atom is 0.243 e. The van der Waals surface area contributed by atoms with Gasteiger partial charge < -0.3 is 10.1 Å². The van der Waals surface area contributed by atoms with Crippen LogP contribution in [-0.2, 0) is 9.53 Å². The minimum Gasteiger partial charge on any atom is -0.375 e. The minimum absolute atomic E-state index is 0.0704. The van der Waals surface area contributed by atoms with Gasteiger partial charge >= 0.3 is 0 Å². The lowest BCUT2D eigenvalue weighted by Crippen LogP contribution is -2.64. The number of halogens is 2. The van der Waals surface area contributed by atoms with Crippen LogP contribution in [0.2, 0.25) is 0 Å². The highest BCUT2D eigenvalue weighted by Gasteiger charge is 2.53. The van der Waals surface area contributed by atoms with E-state index in [-0.39, 0.29) is 32.1 Å². The predicted octanol–water partition coefficient (Wildman–Crippen LogP) is 1.49. The number of alkyl halides is 1. The zero-order chi connectivity index (χ0) is 15.7. The molecule has 0 spiro atoms. The Bertz CT molecular complexity index is 632. The Morgan fingerprint density at radius 3 is 2.95 bits per heavy atom. The number of hydrogen-bond acceptors (Lipinski definition) is 5. The molecule has 2 atom stereocenters. The molecule has 0 aromatic carbocycles. The van der Waals surface area contributed by atoms with Crippen molar-refractivity contribution in [1.82, 2.24) is 9.88 Å². The molecule has 1 N–H and O–H groups in total. The Kier molecular flexibility index (Phi) is 4.12. The van der Waals surface area contributed by atoms with Gasteiger partial charge in [0.05, 0.1) is 25.3 Å². The van der Waals surface area contributed by atoms with E-state index in [2.05, 4.69) is 32.3 Å². The Morgan fingerprint density at radius 1 is 1.59 bits per heavy atom. The molecule has 0 bridgehead atoms. The first-order valence-corrected chi connectivity index (χ1v) is 7.67. The highest BCUT2D eigenvalue weighted by Crippen LogP contribution is 2.34. The number of aromatic nitrogens is 1. The van der Waals surface area contributed by atoms with Gasteiger partial charge in [-0.05, 0) is 28.1 Å². The molecule has 1 aromatic heterocycles. The van der Waals surface area contributed by atoms with Crippen molar-refractivity contribution in [3.05, 3.63) is 22.8 Å². The maximum atomic E-state index is 13.8. The molecule has 6 nitrogen and oxygen atoms in total. The number of ether oxygens (including phenoxy) is 1. The summed E-state index contributed by atoms with van der Waals surface area (Å²) < 4.78 is 19.5. The van der Waals surface area contributed by atoms with Crippen LogP contribution in [0.3, 0.4) is 0 Å². The molecule has 0 aliphatic carbocycles. The van der Waals surface area contributed by atoms with Gasteiger partial charge in [-0.1, -0.05) is 6.07 Å². The molecule has 3 rings (SSSR count). The van der Waals surface area contributed by atoms with Gasteiger partial charge in [-0.2, -0.15) is 5.26 Å². The first kappa shape index (κ1) is 15.3. The normalized spacial score (nSPS) is 27.0. The van der Waals surface area contributed by atoms with Crippen LogP contribution in [0.5, 0.6) is 0 Å². The Balaban J connectivity index is 1.77.